The molecule has 24 heavy (non-hydrogen) atoms. The summed E-state index contributed by atoms with van der Waals surface area (Å²) in [6.07, 6.45) is 1.41. The molecule has 0 aromatic heterocycles. The molecule has 124 valence electrons. The second kappa shape index (κ2) is 7.37. The molecule has 2 aromatic carbocycles. The molecule has 0 bridgehead atoms. The van der Waals surface area contributed by atoms with Crippen LogP contribution in [0.5, 0.6) is 11.5 Å². The van der Waals surface area contributed by atoms with E-state index in [-0.39, 0.29) is 0 Å². The van der Waals surface area contributed by atoms with Crippen molar-refractivity contribution in [2.45, 2.75) is 24.9 Å². The van der Waals surface area contributed by atoms with Gasteiger partial charge in [0, 0.05) is 13.2 Å². The summed E-state index contributed by atoms with van der Waals surface area (Å²) in [5.74, 6) is 1.34. The summed E-state index contributed by atoms with van der Waals surface area (Å²) in [5.41, 5.74) is 1.57. The molecule has 1 aliphatic heterocycles. The third-order valence-corrected chi connectivity index (χ3v) is 4.51. The fourth-order valence-electron chi connectivity index (χ4n) is 3.00. The van der Waals surface area contributed by atoms with Gasteiger partial charge in [-0.1, -0.05) is 36.4 Å². The van der Waals surface area contributed by atoms with E-state index in [1.807, 2.05) is 48.5 Å². The van der Waals surface area contributed by atoms with Crippen LogP contribution in [0, 0.1) is 11.3 Å². The molecular weight excluding hydrogens is 302 g/mol. The Labute approximate surface area is 142 Å². The molecule has 0 unspecified atom stereocenters. The third-order valence-electron chi connectivity index (χ3n) is 4.51. The lowest BCUT2D eigenvalue weighted by atomic mass is 9.75. The number of hydrogen-bond donors (Lipinski definition) is 0. The second-order valence-electron chi connectivity index (χ2n) is 5.95. The molecule has 2 aromatic rings. The van der Waals surface area contributed by atoms with Crippen LogP contribution in [0.25, 0.3) is 0 Å². The van der Waals surface area contributed by atoms with Crippen molar-refractivity contribution in [3.63, 3.8) is 0 Å². The van der Waals surface area contributed by atoms with Gasteiger partial charge in [-0.25, -0.2) is 0 Å². The Kier molecular flexibility index (Phi) is 5.02. The largest absolute Gasteiger partial charge is 0.493 e. The summed E-state index contributed by atoms with van der Waals surface area (Å²) >= 11 is 0. The molecule has 4 heteroatoms. The van der Waals surface area contributed by atoms with Crippen LogP contribution in [0.2, 0.25) is 0 Å². The van der Waals surface area contributed by atoms with E-state index in [1.54, 1.807) is 7.11 Å². The number of rotatable bonds is 5. The normalized spacial score (nSPS) is 16.2. The Morgan fingerprint density at radius 1 is 1.08 bits per heavy atom. The van der Waals surface area contributed by atoms with Gasteiger partial charge in [0.25, 0.3) is 0 Å². The lowest BCUT2D eigenvalue weighted by Gasteiger charge is -2.31. The van der Waals surface area contributed by atoms with Crippen molar-refractivity contribution in [1.82, 2.24) is 0 Å². The van der Waals surface area contributed by atoms with E-state index in [1.165, 1.54) is 0 Å². The van der Waals surface area contributed by atoms with Gasteiger partial charge in [0.1, 0.15) is 6.61 Å². The molecule has 0 atom stereocenters. The molecule has 3 rings (SSSR count). The Hall–Kier alpha value is -2.51. The molecule has 1 fully saturated rings. The smallest absolute Gasteiger partial charge is 0.161 e. The summed E-state index contributed by atoms with van der Waals surface area (Å²) in [5, 5.41) is 9.70. The van der Waals surface area contributed by atoms with Gasteiger partial charge >= 0.3 is 0 Å². The van der Waals surface area contributed by atoms with Crippen LogP contribution >= 0.6 is 0 Å². The number of hydrogen-bond acceptors (Lipinski definition) is 4. The number of ether oxygens (including phenoxy) is 3. The zero-order valence-corrected chi connectivity index (χ0v) is 13.8. The Morgan fingerprint density at radius 3 is 2.50 bits per heavy atom. The first-order valence-electron chi connectivity index (χ1n) is 8.12. The first-order chi connectivity index (χ1) is 11.8. The van der Waals surface area contributed by atoms with Gasteiger partial charge in [0.05, 0.1) is 18.6 Å². The van der Waals surface area contributed by atoms with Crippen LogP contribution in [0.1, 0.15) is 24.0 Å². The second-order valence-corrected chi connectivity index (χ2v) is 5.95. The van der Waals surface area contributed by atoms with Gasteiger partial charge in [-0.2, -0.15) is 5.26 Å². The fraction of sp³-hybridized carbons (Fsp3) is 0.350. The summed E-state index contributed by atoms with van der Waals surface area (Å²) in [4.78, 5) is 0. The minimum absolute atomic E-state index is 0.480. The van der Waals surface area contributed by atoms with E-state index in [4.69, 9.17) is 14.2 Å². The molecule has 4 nitrogen and oxygen atoms in total. The Bertz CT molecular complexity index is 715. The monoisotopic (exact) mass is 323 g/mol. The van der Waals surface area contributed by atoms with Crippen molar-refractivity contribution < 1.29 is 14.2 Å². The maximum absolute atomic E-state index is 9.70. The van der Waals surface area contributed by atoms with Crippen LogP contribution in [-0.4, -0.2) is 20.3 Å². The van der Waals surface area contributed by atoms with E-state index >= 15 is 0 Å². The molecule has 0 amide bonds. The predicted molar refractivity (Wildman–Crippen MR) is 91.1 cm³/mol. The molecule has 0 radical (unpaired) electrons. The summed E-state index contributed by atoms with van der Waals surface area (Å²) in [6, 6.07) is 18.3. The van der Waals surface area contributed by atoms with E-state index in [0.29, 0.717) is 44.2 Å². The zero-order chi connectivity index (χ0) is 16.8. The highest BCUT2D eigenvalue weighted by Gasteiger charge is 2.35. The summed E-state index contributed by atoms with van der Waals surface area (Å²) in [6.45, 7) is 1.71. The lowest BCUT2D eigenvalue weighted by molar-refractivity contribution is 0.0674. The highest BCUT2D eigenvalue weighted by Crippen LogP contribution is 2.39. The number of nitriles is 1. The van der Waals surface area contributed by atoms with Gasteiger partial charge in [0.15, 0.2) is 11.5 Å². The highest BCUT2D eigenvalue weighted by atomic mass is 16.5. The highest BCUT2D eigenvalue weighted by molar-refractivity contribution is 5.47. The van der Waals surface area contributed by atoms with Crippen molar-refractivity contribution in [2.24, 2.45) is 0 Å². The van der Waals surface area contributed by atoms with Crippen molar-refractivity contribution in [3.8, 4) is 17.6 Å². The Morgan fingerprint density at radius 2 is 1.83 bits per heavy atom. The first kappa shape index (κ1) is 16.4. The standard InChI is InChI=1S/C20H21NO3/c1-22-19-13-17(20(15-21)9-11-23-12-10-20)7-8-18(19)24-14-16-5-3-2-4-6-16/h2-8,13H,9-12,14H2,1H3. The van der Waals surface area contributed by atoms with Crippen LogP contribution in [0.15, 0.2) is 48.5 Å². The van der Waals surface area contributed by atoms with E-state index in [9.17, 15) is 5.26 Å². The van der Waals surface area contributed by atoms with E-state index in [2.05, 4.69) is 6.07 Å². The number of nitrogens with zero attached hydrogens (tertiary/aromatic N) is 1. The molecule has 0 N–H and O–H groups in total. The van der Waals surface area contributed by atoms with Gasteiger partial charge in [0.2, 0.25) is 0 Å². The molecular formula is C20H21NO3. The van der Waals surface area contributed by atoms with Crippen molar-refractivity contribution in [1.29, 1.82) is 5.26 Å². The van der Waals surface area contributed by atoms with Crippen molar-refractivity contribution in [2.75, 3.05) is 20.3 Å². The van der Waals surface area contributed by atoms with Crippen LogP contribution in [0.3, 0.4) is 0 Å². The zero-order valence-electron chi connectivity index (χ0n) is 13.8. The minimum Gasteiger partial charge on any atom is -0.493 e. The summed E-state index contributed by atoms with van der Waals surface area (Å²) < 4.78 is 16.8. The molecule has 1 heterocycles. The predicted octanol–water partition coefficient (Wildman–Crippen LogP) is 3.85. The molecule has 0 spiro atoms. The third kappa shape index (κ3) is 3.37. The maximum atomic E-state index is 9.70. The Balaban J connectivity index is 1.81. The van der Waals surface area contributed by atoms with Gasteiger partial charge in [-0.15, -0.1) is 0 Å². The molecule has 0 aliphatic carbocycles. The molecule has 1 aliphatic rings. The maximum Gasteiger partial charge on any atom is 0.161 e. The van der Waals surface area contributed by atoms with Gasteiger partial charge in [-0.3, -0.25) is 0 Å². The number of benzene rings is 2. The average Bonchev–Trinajstić information content (AvgIpc) is 2.67. The quantitative estimate of drug-likeness (QED) is 0.839. The van der Waals surface area contributed by atoms with Crippen molar-refractivity contribution in [3.05, 3.63) is 59.7 Å². The van der Waals surface area contributed by atoms with Crippen LogP contribution in [0.4, 0.5) is 0 Å². The van der Waals surface area contributed by atoms with Gasteiger partial charge < -0.3 is 14.2 Å². The first-order valence-corrected chi connectivity index (χ1v) is 8.12. The van der Waals surface area contributed by atoms with Crippen LogP contribution < -0.4 is 9.47 Å². The molecule has 0 saturated carbocycles. The van der Waals surface area contributed by atoms with E-state index < -0.39 is 5.41 Å². The van der Waals surface area contributed by atoms with Gasteiger partial charge in [-0.05, 0) is 36.1 Å². The minimum atomic E-state index is -0.497. The van der Waals surface area contributed by atoms with Crippen molar-refractivity contribution >= 4 is 0 Å². The van der Waals surface area contributed by atoms with Crippen LogP contribution in [-0.2, 0) is 16.8 Å². The number of methoxy groups -OCH3 is 1. The average molecular weight is 323 g/mol. The lowest BCUT2D eigenvalue weighted by Crippen LogP contribution is -2.32. The summed E-state index contributed by atoms with van der Waals surface area (Å²) in [7, 11) is 1.62. The SMILES string of the molecule is COc1cc(C2(C#N)CCOCC2)ccc1OCc1ccccc1. The fourth-order valence-corrected chi connectivity index (χ4v) is 3.00. The topological polar surface area (TPSA) is 51.5 Å². The van der Waals surface area contributed by atoms with E-state index in [0.717, 1.165) is 11.1 Å². The molecule has 1 saturated heterocycles.